The highest BCUT2D eigenvalue weighted by Gasteiger charge is 2.24. The third kappa shape index (κ3) is 6.17. The number of para-hydroxylation sites is 2. The molecule has 0 spiro atoms. The van der Waals surface area contributed by atoms with E-state index in [4.69, 9.17) is 0 Å². The summed E-state index contributed by atoms with van der Waals surface area (Å²) in [5.74, 6) is 0.710. The lowest BCUT2D eigenvalue weighted by Gasteiger charge is -2.28. The molecule has 286 valence electrons. The first kappa shape index (κ1) is 35.2. The van der Waals surface area contributed by atoms with Crippen molar-refractivity contribution >= 4 is 48.9 Å². The molecule has 0 amide bonds. The first-order chi connectivity index (χ1) is 30.2. The molecule has 1 heterocycles. The van der Waals surface area contributed by atoms with Crippen molar-refractivity contribution in [2.75, 3.05) is 0 Å². The van der Waals surface area contributed by atoms with Crippen molar-refractivity contribution < 1.29 is 0 Å². The number of hydrogen-bond donors (Lipinski definition) is 0. The standard InChI is InChI=1S/C60H41N/c1-3-15-53-43(11-1)13-9-19-55(53)50-37-49(38-51(39-50)56-20-10-14-44-12-2-4-16-54(44)56)42-25-23-40(24-26-42)45-27-29-48-36-46(28-30-47(48)35-45)41-31-33-52(34-32-41)61-59-21-7-5-17-57(59)58-18-6-8-22-60(58)61/h1-39,43,53H. The van der Waals surface area contributed by atoms with Crippen LogP contribution in [-0.4, -0.2) is 4.57 Å². The molecule has 1 nitrogen and oxygen atoms in total. The molecule has 0 saturated heterocycles. The van der Waals surface area contributed by atoms with Crippen LogP contribution in [0.3, 0.4) is 0 Å². The third-order valence-corrected chi connectivity index (χ3v) is 12.9. The van der Waals surface area contributed by atoms with Crippen molar-refractivity contribution in [3.63, 3.8) is 0 Å². The summed E-state index contributed by atoms with van der Waals surface area (Å²) >= 11 is 0. The fourth-order valence-corrected chi connectivity index (χ4v) is 9.86. The van der Waals surface area contributed by atoms with Crippen LogP contribution >= 0.6 is 0 Å². The molecule has 0 saturated carbocycles. The molecular formula is C60H41N. The first-order valence-electron chi connectivity index (χ1n) is 21.3. The molecule has 1 aromatic heterocycles. The Morgan fingerprint density at radius 1 is 0.328 bits per heavy atom. The zero-order chi connectivity index (χ0) is 40.3. The minimum atomic E-state index is 0.329. The zero-order valence-electron chi connectivity index (χ0n) is 33.6. The van der Waals surface area contributed by atoms with Crippen LogP contribution in [-0.2, 0) is 0 Å². The van der Waals surface area contributed by atoms with E-state index in [0.717, 1.165) is 0 Å². The van der Waals surface area contributed by atoms with Crippen molar-refractivity contribution in [3.8, 4) is 50.2 Å². The summed E-state index contributed by atoms with van der Waals surface area (Å²) < 4.78 is 2.37. The molecule has 9 aromatic carbocycles. The summed E-state index contributed by atoms with van der Waals surface area (Å²) in [6.45, 7) is 0. The van der Waals surface area contributed by atoms with Gasteiger partial charge in [-0.15, -0.1) is 0 Å². The van der Waals surface area contributed by atoms with Crippen molar-refractivity contribution in [2.24, 2.45) is 11.8 Å². The van der Waals surface area contributed by atoms with Crippen LogP contribution in [0.2, 0.25) is 0 Å². The largest absolute Gasteiger partial charge is 0.309 e. The Hall–Kier alpha value is -7.74. The van der Waals surface area contributed by atoms with Gasteiger partial charge in [0.2, 0.25) is 0 Å². The molecule has 2 unspecified atom stereocenters. The van der Waals surface area contributed by atoms with Crippen LogP contribution in [0, 0.1) is 11.8 Å². The summed E-state index contributed by atoms with van der Waals surface area (Å²) in [4.78, 5) is 0. The fourth-order valence-electron chi connectivity index (χ4n) is 9.86. The van der Waals surface area contributed by atoms with Crippen LogP contribution in [0.15, 0.2) is 237 Å². The van der Waals surface area contributed by atoms with E-state index in [1.165, 1.54) is 105 Å². The van der Waals surface area contributed by atoms with Crippen molar-refractivity contribution in [3.05, 3.63) is 242 Å². The van der Waals surface area contributed by atoms with Gasteiger partial charge in [-0.25, -0.2) is 0 Å². The molecule has 61 heavy (non-hydrogen) atoms. The van der Waals surface area contributed by atoms with Gasteiger partial charge in [0.1, 0.15) is 0 Å². The highest BCUT2D eigenvalue weighted by atomic mass is 15.0. The van der Waals surface area contributed by atoms with E-state index in [1.54, 1.807) is 0 Å². The summed E-state index contributed by atoms with van der Waals surface area (Å²) in [5.41, 5.74) is 16.1. The lowest BCUT2D eigenvalue weighted by Crippen LogP contribution is -2.15. The second kappa shape index (κ2) is 14.5. The van der Waals surface area contributed by atoms with E-state index in [2.05, 4.69) is 241 Å². The Kier molecular flexibility index (Phi) is 8.38. The van der Waals surface area contributed by atoms with E-state index in [-0.39, 0.29) is 0 Å². The summed E-state index contributed by atoms with van der Waals surface area (Å²) in [5, 5.41) is 7.56. The second-order valence-corrected chi connectivity index (χ2v) is 16.5. The maximum Gasteiger partial charge on any atom is 0.0541 e. The second-order valence-electron chi connectivity index (χ2n) is 16.5. The topological polar surface area (TPSA) is 4.93 Å². The van der Waals surface area contributed by atoms with Gasteiger partial charge in [0.15, 0.2) is 0 Å². The van der Waals surface area contributed by atoms with Gasteiger partial charge in [-0.1, -0.05) is 182 Å². The predicted molar refractivity (Wildman–Crippen MR) is 260 cm³/mol. The van der Waals surface area contributed by atoms with Crippen LogP contribution in [0.4, 0.5) is 0 Å². The molecule has 1 heteroatoms. The number of nitrogens with zero attached hydrogens (tertiary/aromatic N) is 1. The van der Waals surface area contributed by atoms with Crippen LogP contribution < -0.4 is 0 Å². The molecule has 0 radical (unpaired) electrons. The van der Waals surface area contributed by atoms with Gasteiger partial charge in [0, 0.05) is 28.3 Å². The zero-order valence-corrected chi connectivity index (χ0v) is 33.6. The number of aromatic nitrogens is 1. The van der Waals surface area contributed by atoms with E-state index in [1.807, 2.05) is 0 Å². The lowest BCUT2D eigenvalue weighted by molar-refractivity contribution is 0.678. The van der Waals surface area contributed by atoms with Gasteiger partial charge in [0.25, 0.3) is 0 Å². The molecule has 10 aromatic rings. The van der Waals surface area contributed by atoms with Gasteiger partial charge in [-0.3, -0.25) is 0 Å². The number of fused-ring (bicyclic) bond motifs is 6. The van der Waals surface area contributed by atoms with Crippen molar-refractivity contribution in [2.45, 2.75) is 0 Å². The highest BCUT2D eigenvalue weighted by Crippen LogP contribution is 2.42. The minimum Gasteiger partial charge on any atom is -0.309 e. The monoisotopic (exact) mass is 775 g/mol. The minimum absolute atomic E-state index is 0.329. The van der Waals surface area contributed by atoms with Gasteiger partial charge >= 0.3 is 0 Å². The molecule has 0 N–H and O–H groups in total. The Morgan fingerprint density at radius 3 is 1.56 bits per heavy atom. The smallest absolute Gasteiger partial charge is 0.0541 e. The van der Waals surface area contributed by atoms with E-state index in [0.29, 0.717) is 11.8 Å². The van der Waals surface area contributed by atoms with Gasteiger partial charge < -0.3 is 4.57 Å². The number of rotatable bonds is 6. The van der Waals surface area contributed by atoms with Crippen LogP contribution in [0.1, 0.15) is 5.56 Å². The number of allylic oxidation sites excluding steroid dienone is 8. The SMILES string of the molecule is C1=CC2C=CC=C(c3cc(-c4ccc(-c5ccc6cc(-c7ccc(-n8c9ccccc9c9ccccc98)cc7)ccc6c5)cc4)cc(-c4cccc5ccccc45)c3)C2C=C1. The maximum atomic E-state index is 2.40. The number of benzene rings is 9. The highest BCUT2D eigenvalue weighted by molar-refractivity contribution is 6.09. The normalized spacial score (nSPS) is 15.8. The molecule has 0 bridgehead atoms. The Bertz CT molecular complexity index is 3400. The average molecular weight is 776 g/mol. The average Bonchev–Trinajstić information content (AvgIpc) is 3.67. The Labute approximate surface area is 356 Å². The van der Waals surface area contributed by atoms with Crippen LogP contribution in [0.25, 0.3) is 99.1 Å². The lowest BCUT2D eigenvalue weighted by atomic mass is 9.76. The summed E-state index contributed by atoms with van der Waals surface area (Å²) in [6, 6.07) is 71.7. The fraction of sp³-hybridized carbons (Fsp3) is 0.0333. The quantitative estimate of drug-likeness (QED) is 0.159. The van der Waals surface area contributed by atoms with Crippen LogP contribution in [0.5, 0.6) is 0 Å². The van der Waals surface area contributed by atoms with Crippen molar-refractivity contribution in [1.82, 2.24) is 4.57 Å². The first-order valence-corrected chi connectivity index (χ1v) is 21.3. The molecule has 2 atom stereocenters. The Balaban J connectivity index is 0.855. The van der Waals surface area contributed by atoms with Crippen molar-refractivity contribution in [1.29, 1.82) is 0 Å². The molecule has 2 aliphatic rings. The third-order valence-electron chi connectivity index (χ3n) is 12.9. The van der Waals surface area contributed by atoms with Gasteiger partial charge in [-0.2, -0.15) is 0 Å². The van der Waals surface area contributed by atoms with E-state index >= 15 is 0 Å². The molecule has 0 aliphatic heterocycles. The molecular weight excluding hydrogens is 735 g/mol. The molecule has 0 fully saturated rings. The summed E-state index contributed by atoms with van der Waals surface area (Å²) in [6.07, 6.45) is 15.9. The van der Waals surface area contributed by atoms with Gasteiger partial charge in [0.05, 0.1) is 11.0 Å². The molecule has 2 aliphatic carbocycles. The maximum absolute atomic E-state index is 2.40. The van der Waals surface area contributed by atoms with E-state index < -0.39 is 0 Å². The predicted octanol–water partition coefficient (Wildman–Crippen LogP) is 16.1. The van der Waals surface area contributed by atoms with E-state index in [9.17, 15) is 0 Å². The number of hydrogen-bond acceptors (Lipinski definition) is 0. The summed E-state index contributed by atoms with van der Waals surface area (Å²) in [7, 11) is 0. The van der Waals surface area contributed by atoms with Gasteiger partial charge in [-0.05, 0) is 132 Å². The Morgan fingerprint density at radius 2 is 0.852 bits per heavy atom. The molecule has 12 rings (SSSR count).